The van der Waals surface area contributed by atoms with Crippen LogP contribution < -0.4 is 28.9 Å². The molecule has 0 amide bonds. The van der Waals surface area contributed by atoms with Crippen LogP contribution in [0.2, 0.25) is 0 Å². The van der Waals surface area contributed by atoms with E-state index >= 15 is 0 Å². The van der Waals surface area contributed by atoms with E-state index in [1.54, 1.807) is 36.4 Å². The Labute approximate surface area is 390 Å². The summed E-state index contributed by atoms with van der Waals surface area (Å²) in [5, 5.41) is 4.54. The highest BCUT2D eigenvalue weighted by Gasteiger charge is 2.21. The molecule has 66 heavy (non-hydrogen) atoms. The van der Waals surface area contributed by atoms with Crippen LogP contribution in [0.1, 0.15) is 36.0 Å². The highest BCUT2D eigenvalue weighted by molar-refractivity contribution is 7.90. The van der Waals surface area contributed by atoms with E-state index in [0.717, 1.165) is 49.9 Å². The van der Waals surface area contributed by atoms with Crippen molar-refractivity contribution >= 4 is 79.4 Å². The highest BCUT2D eigenvalue weighted by Crippen LogP contribution is 2.33. The molecule has 0 unspecified atom stereocenters. The van der Waals surface area contributed by atoms with Gasteiger partial charge in [-0.1, -0.05) is 91.0 Å². The number of rotatable bonds is 21. The van der Waals surface area contributed by atoms with Gasteiger partial charge in [-0.2, -0.15) is 0 Å². The Hall–Kier alpha value is -5.55. The number of fused-ring (bicyclic) bond motifs is 3. The minimum Gasteiger partial charge on any atom is -0.377 e. The lowest BCUT2D eigenvalue weighted by atomic mass is 9.97. The minimum absolute atomic E-state index is 0.226. The zero-order valence-corrected chi connectivity index (χ0v) is 41.0. The molecule has 7 aromatic rings. The topological polar surface area (TPSA) is 148 Å². The van der Waals surface area contributed by atoms with Gasteiger partial charge >= 0.3 is 0 Å². The van der Waals surface area contributed by atoms with Gasteiger partial charge in [-0.05, 0) is 91.6 Å². The molecule has 7 aromatic carbocycles. The van der Waals surface area contributed by atoms with E-state index in [4.69, 9.17) is 0 Å². The summed E-state index contributed by atoms with van der Waals surface area (Å²) in [5.41, 5.74) is 5.85. The number of anilines is 3. The fourth-order valence-corrected chi connectivity index (χ4v) is 12.6. The van der Waals surface area contributed by atoms with Gasteiger partial charge in [-0.25, -0.2) is 39.4 Å². The van der Waals surface area contributed by atoms with Gasteiger partial charge < -0.3 is 14.7 Å². The van der Waals surface area contributed by atoms with Crippen LogP contribution in [-0.4, -0.2) is 87.2 Å². The van der Waals surface area contributed by atoms with Crippen molar-refractivity contribution in [2.24, 2.45) is 0 Å². The molecule has 7 rings (SSSR count). The van der Waals surface area contributed by atoms with Crippen LogP contribution in [-0.2, 0) is 49.3 Å². The molecule has 0 fully saturated rings. The van der Waals surface area contributed by atoms with E-state index in [0.29, 0.717) is 54.7 Å². The molecule has 0 radical (unpaired) electrons. The van der Waals surface area contributed by atoms with E-state index in [2.05, 4.69) is 32.4 Å². The molecule has 0 spiro atoms. The molecule has 0 saturated heterocycles. The maximum atomic E-state index is 13.6. The van der Waals surface area contributed by atoms with Crippen LogP contribution in [0.15, 0.2) is 142 Å². The number of nitrogens with zero attached hydrogens (tertiary/aromatic N) is 3. The first-order valence-corrected chi connectivity index (χ1v) is 26.6. The fourth-order valence-electron chi connectivity index (χ4n) is 8.67. The van der Waals surface area contributed by atoms with Crippen molar-refractivity contribution in [2.45, 2.75) is 53.2 Å². The monoisotopic (exact) mass is 948 g/mol. The van der Waals surface area contributed by atoms with Gasteiger partial charge in [0.2, 0.25) is 30.1 Å². The van der Waals surface area contributed by atoms with E-state index in [9.17, 15) is 25.3 Å². The Balaban J connectivity index is 1.04. The van der Waals surface area contributed by atoms with Crippen molar-refractivity contribution in [1.29, 1.82) is 0 Å². The van der Waals surface area contributed by atoms with Gasteiger partial charge in [0, 0.05) is 111 Å². The predicted molar refractivity (Wildman–Crippen MR) is 272 cm³/mol. The normalized spacial score (nSPS) is 12.3. The molecule has 0 aliphatic rings. The van der Waals surface area contributed by atoms with Crippen LogP contribution in [0.4, 0.5) is 17.1 Å². The van der Waals surface area contributed by atoms with Crippen molar-refractivity contribution in [3.63, 3.8) is 0 Å². The molecular weight excluding hydrogens is 889 g/mol. The molecule has 348 valence electrons. The van der Waals surface area contributed by atoms with Gasteiger partial charge in [0.05, 0.1) is 14.7 Å². The Kier molecular flexibility index (Phi) is 15.1. The maximum absolute atomic E-state index is 13.6. The van der Waals surface area contributed by atoms with Gasteiger partial charge in [0.25, 0.3) is 0 Å². The van der Waals surface area contributed by atoms with Crippen molar-refractivity contribution in [3.8, 4) is 0 Å². The van der Waals surface area contributed by atoms with Crippen LogP contribution in [0.25, 0.3) is 32.3 Å². The van der Waals surface area contributed by atoms with E-state index in [1.807, 2.05) is 130 Å². The van der Waals surface area contributed by atoms with Gasteiger partial charge in [-0.15, -0.1) is 0 Å². The lowest BCUT2D eigenvalue weighted by molar-refractivity contribution is 0.578. The number of sulfonamides is 3. The Morgan fingerprint density at radius 2 is 0.591 bits per heavy atom. The second-order valence-corrected chi connectivity index (χ2v) is 22.4. The summed E-state index contributed by atoms with van der Waals surface area (Å²) < 4.78 is 90.3. The molecule has 0 aromatic heterocycles. The Bertz CT molecular complexity index is 2860. The zero-order chi connectivity index (χ0) is 47.2. The molecule has 3 N–H and O–H groups in total. The standard InChI is InChI=1S/C51H60N6O6S3/c1-55(2)46-25-7-22-43-40(46)19-10-28-49(43)64(58,59)52-31-13-16-37-34-38(17-14-32-53-65(60,61)50-29-11-20-41-44(50)23-8-26-47(41)56(3)4)36-39(35-37)18-15-33-54-66(62,63)51-30-12-21-42-45(51)24-9-27-48(42)57(5)6/h7-12,19-30,34-36,52-54H,13-18,31-33H2,1-6H3. The van der Waals surface area contributed by atoms with Gasteiger partial charge in [0.15, 0.2) is 0 Å². The van der Waals surface area contributed by atoms with Crippen LogP contribution in [0.3, 0.4) is 0 Å². The average Bonchev–Trinajstić information content (AvgIpc) is 3.29. The van der Waals surface area contributed by atoms with Crippen molar-refractivity contribution in [1.82, 2.24) is 14.2 Å². The number of hydrogen-bond acceptors (Lipinski definition) is 9. The van der Waals surface area contributed by atoms with E-state index in [-0.39, 0.29) is 34.3 Å². The third-order valence-electron chi connectivity index (χ3n) is 11.8. The largest absolute Gasteiger partial charge is 0.377 e. The molecular formula is C51H60N6O6S3. The van der Waals surface area contributed by atoms with Crippen LogP contribution in [0.5, 0.6) is 0 Å². The quantitative estimate of drug-likeness (QED) is 0.0609. The second-order valence-electron chi connectivity index (χ2n) is 17.2. The molecule has 0 bridgehead atoms. The average molecular weight is 949 g/mol. The number of hydrogen-bond donors (Lipinski definition) is 3. The summed E-state index contributed by atoms with van der Waals surface area (Å²) in [6.07, 6.45) is 3.39. The summed E-state index contributed by atoms with van der Waals surface area (Å²) in [5.74, 6) is 0. The third kappa shape index (κ3) is 11.0. The first-order valence-electron chi connectivity index (χ1n) is 22.1. The predicted octanol–water partition coefficient (Wildman–Crippen LogP) is 8.08. The SMILES string of the molecule is CN(C)c1cccc2c(S(=O)(=O)NCCCc3cc(CCCNS(=O)(=O)c4cccc5c(N(C)C)cccc45)cc(CCCNS(=O)(=O)c4cccc5c(N(C)C)cccc45)c3)cccc12. The third-order valence-corrected chi connectivity index (χ3v) is 16.4. The summed E-state index contributed by atoms with van der Waals surface area (Å²) in [4.78, 5) is 6.59. The summed E-state index contributed by atoms with van der Waals surface area (Å²) in [7, 11) is 0.132. The number of aryl methyl sites for hydroxylation is 3. The Morgan fingerprint density at radius 3 is 0.848 bits per heavy atom. The number of benzene rings is 7. The molecule has 0 aliphatic carbocycles. The molecule has 0 saturated carbocycles. The maximum Gasteiger partial charge on any atom is 0.241 e. The van der Waals surface area contributed by atoms with E-state index < -0.39 is 30.1 Å². The molecule has 0 heterocycles. The van der Waals surface area contributed by atoms with Crippen LogP contribution in [0, 0.1) is 0 Å². The molecule has 0 atom stereocenters. The summed E-state index contributed by atoms with van der Waals surface area (Å²) in [6.45, 7) is 0.677. The summed E-state index contributed by atoms with van der Waals surface area (Å²) in [6, 6.07) is 39.2. The Morgan fingerprint density at radius 1 is 0.348 bits per heavy atom. The first-order chi connectivity index (χ1) is 31.5. The lowest BCUT2D eigenvalue weighted by Gasteiger charge is -2.17. The first kappa shape index (κ1) is 48.4. The molecule has 0 aliphatic heterocycles. The smallest absolute Gasteiger partial charge is 0.241 e. The van der Waals surface area contributed by atoms with Crippen LogP contribution >= 0.6 is 0 Å². The van der Waals surface area contributed by atoms with Gasteiger partial charge in [0.1, 0.15) is 0 Å². The van der Waals surface area contributed by atoms with E-state index in [1.165, 1.54) is 0 Å². The summed E-state index contributed by atoms with van der Waals surface area (Å²) >= 11 is 0. The fraction of sp³-hybridized carbons (Fsp3) is 0.294. The second kappa shape index (κ2) is 20.5. The lowest BCUT2D eigenvalue weighted by Crippen LogP contribution is -2.25. The molecule has 15 heteroatoms. The highest BCUT2D eigenvalue weighted by atomic mass is 32.2. The number of nitrogens with one attached hydrogen (secondary N) is 3. The minimum atomic E-state index is -3.82. The van der Waals surface area contributed by atoms with Crippen molar-refractivity contribution in [2.75, 3.05) is 76.6 Å². The zero-order valence-electron chi connectivity index (χ0n) is 38.5. The van der Waals surface area contributed by atoms with Gasteiger partial charge in [-0.3, -0.25) is 0 Å². The molecule has 12 nitrogen and oxygen atoms in total. The van der Waals surface area contributed by atoms with Crippen molar-refractivity contribution < 1.29 is 25.3 Å². The van der Waals surface area contributed by atoms with Crippen molar-refractivity contribution in [3.05, 3.63) is 144 Å².